The van der Waals surface area contributed by atoms with Crippen LogP contribution in [0, 0.1) is 0 Å². The molecule has 13 heavy (non-hydrogen) atoms. The first-order valence-electron chi connectivity index (χ1n) is 7.45. The SMILES string of the molecule is [2H]C([2H])([2H])OC1([2H])C([2H])([2H])N(c2ccnc(Br)c2)C1([2H])[2H]. The minimum Gasteiger partial charge on any atom is -0.378 e. The van der Waals surface area contributed by atoms with Crippen LogP contribution in [0.25, 0.3) is 0 Å². The van der Waals surface area contributed by atoms with E-state index in [-0.39, 0.29) is 5.69 Å². The number of hydrogen-bond acceptors (Lipinski definition) is 3. The largest absolute Gasteiger partial charge is 0.378 e. The van der Waals surface area contributed by atoms with Crippen LogP contribution < -0.4 is 4.90 Å². The van der Waals surface area contributed by atoms with Gasteiger partial charge in [0, 0.05) is 31.9 Å². The van der Waals surface area contributed by atoms with E-state index in [2.05, 4.69) is 25.7 Å². The van der Waals surface area contributed by atoms with Crippen LogP contribution in [-0.2, 0) is 4.74 Å². The number of aromatic nitrogens is 1. The van der Waals surface area contributed by atoms with Gasteiger partial charge in [0.15, 0.2) is 0 Å². The van der Waals surface area contributed by atoms with Gasteiger partial charge in [-0.1, -0.05) is 0 Å². The molecule has 0 N–H and O–H groups in total. The molecule has 0 radical (unpaired) electrons. The molecule has 3 nitrogen and oxygen atoms in total. The maximum atomic E-state index is 7.88. The van der Waals surface area contributed by atoms with Crippen LogP contribution >= 0.6 is 15.9 Å². The molecule has 2 rings (SSSR count). The molecule has 0 aromatic carbocycles. The van der Waals surface area contributed by atoms with Crippen molar-refractivity contribution in [2.24, 2.45) is 0 Å². The van der Waals surface area contributed by atoms with Crippen molar-refractivity contribution in [3.63, 3.8) is 0 Å². The first kappa shape index (κ1) is 3.51. The van der Waals surface area contributed by atoms with Crippen molar-refractivity contribution < 1.29 is 15.7 Å². The minimum absolute atomic E-state index is 0.115. The standard InChI is InChI=1S/C9H11BrN2O/c1-13-8-5-12(6-8)7-2-3-11-9(10)4-7/h2-4,8H,5-6H2,1H3/i1D3,5D2,6D2,8D. The molecule has 1 aliphatic rings. The molecule has 1 fully saturated rings. The Morgan fingerprint density at radius 1 is 1.92 bits per heavy atom. The summed E-state index contributed by atoms with van der Waals surface area (Å²) in [6.07, 6.45) is -1.55. The fourth-order valence-corrected chi connectivity index (χ4v) is 1.26. The van der Waals surface area contributed by atoms with Crippen LogP contribution in [0.15, 0.2) is 22.9 Å². The normalized spacial score (nSPS) is 37.5. The Bertz CT molecular complexity index is 547. The molecule has 70 valence electrons. The average Bonchev–Trinajstić information content (AvgIpc) is 2.25. The monoisotopic (exact) mass is 250 g/mol. The number of hydrogen-bond donors (Lipinski definition) is 0. The fraction of sp³-hybridized carbons (Fsp3) is 0.444. The van der Waals surface area contributed by atoms with E-state index >= 15 is 0 Å². The van der Waals surface area contributed by atoms with Crippen molar-refractivity contribution in [3.05, 3.63) is 22.9 Å². The molecule has 0 unspecified atom stereocenters. The number of pyridine rings is 1. The lowest BCUT2D eigenvalue weighted by Crippen LogP contribution is -2.51. The van der Waals surface area contributed by atoms with Crippen LogP contribution in [0.1, 0.15) is 11.0 Å². The highest BCUT2D eigenvalue weighted by Gasteiger charge is 2.26. The Kier molecular flexibility index (Phi) is 0.983. The topological polar surface area (TPSA) is 25.4 Å². The second kappa shape index (κ2) is 3.64. The van der Waals surface area contributed by atoms with Gasteiger partial charge in [0.2, 0.25) is 0 Å². The van der Waals surface area contributed by atoms with Gasteiger partial charge in [-0.2, -0.15) is 0 Å². The highest BCUT2D eigenvalue weighted by Crippen LogP contribution is 2.23. The third kappa shape index (κ3) is 1.84. The van der Waals surface area contributed by atoms with E-state index < -0.39 is 26.1 Å². The summed E-state index contributed by atoms with van der Waals surface area (Å²) in [5.41, 5.74) is 0.115. The first-order chi connectivity index (χ1) is 9.33. The van der Waals surface area contributed by atoms with Crippen molar-refractivity contribution in [3.8, 4) is 0 Å². The van der Waals surface area contributed by atoms with Crippen molar-refractivity contribution >= 4 is 21.6 Å². The molecule has 0 aliphatic carbocycles. The number of nitrogens with zero attached hydrogens (tertiary/aromatic N) is 2. The molecule has 0 spiro atoms. The Morgan fingerprint density at radius 3 is 3.46 bits per heavy atom. The summed E-state index contributed by atoms with van der Waals surface area (Å²) in [6.45, 7) is -5.35. The summed E-state index contributed by atoms with van der Waals surface area (Å²) in [7, 11) is -3.09. The summed E-state index contributed by atoms with van der Waals surface area (Å²) >= 11 is 3.09. The van der Waals surface area contributed by atoms with Crippen LogP contribution in [0.2, 0.25) is 0 Å². The lowest BCUT2D eigenvalue weighted by molar-refractivity contribution is 0.0787. The van der Waals surface area contributed by atoms with E-state index in [1.54, 1.807) is 0 Å². The molecule has 1 aromatic heterocycles. The van der Waals surface area contributed by atoms with E-state index in [1.165, 1.54) is 18.3 Å². The van der Waals surface area contributed by atoms with Gasteiger partial charge in [-0.15, -0.1) is 0 Å². The summed E-state index contributed by atoms with van der Waals surface area (Å²) in [5, 5.41) is 0. The Balaban J connectivity index is 2.44. The maximum Gasteiger partial charge on any atom is 0.108 e. The summed E-state index contributed by atoms with van der Waals surface area (Å²) in [6, 6.07) is 2.72. The molecular weight excluding hydrogens is 232 g/mol. The van der Waals surface area contributed by atoms with E-state index in [0.29, 0.717) is 9.50 Å². The quantitative estimate of drug-likeness (QED) is 0.748. The molecule has 0 atom stereocenters. The number of methoxy groups -OCH3 is 1. The number of ether oxygens (including phenoxy) is 1. The van der Waals surface area contributed by atoms with Crippen LogP contribution in [0.3, 0.4) is 0 Å². The van der Waals surface area contributed by atoms with Gasteiger partial charge < -0.3 is 9.64 Å². The highest BCUT2D eigenvalue weighted by atomic mass is 79.9. The van der Waals surface area contributed by atoms with Crippen LogP contribution in [0.4, 0.5) is 5.69 Å². The van der Waals surface area contributed by atoms with Gasteiger partial charge in [-0.25, -0.2) is 4.98 Å². The summed E-state index contributed by atoms with van der Waals surface area (Å²) < 4.78 is 65.1. The third-order valence-corrected chi connectivity index (χ3v) is 1.93. The van der Waals surface area contributed by atoms with Crippen molar-refractivity contribution in [2.75, 3.05) is 24.9 Å². The van der Waals surface area contributed by atoms with Gasteiger partial charge in [0.05, 0.1) is 17.0 Å². The molecular formula is C9H11BrN2O. The van der Waals surface area contributed by atoms with Crippen LogP contribution in [0.5, 0.6) is 0 Å². The number of anilines is 1. The molecule has 0 bridgehead atoms. The smallest absolute Gasteiger partial charge is 0.108 e. The Morgan fingerprint density at radius 2 is 2.77 bits per heavy atom. The lowest BCUT2D eigenvalue weighted by atomic mass is 10.1. The highest BCUT2D eigenvalue weighted by molar-refractivity contribution is 9.10. The van der Waals surface area contributed by atoms with Gasteiger partial charge in [-0.3, -0.25) is 0 Å². The third-order valence-electron chi connectivity index (χ3n) is 1.50. The predicted octanol–water partition coefficient (Wildman–Crippen LogP) is 1.68. The molecule has 0 saturated carbocycles. The van der Waals surface area contributed by atoms with E-state index in [1.807, 2.05) is 0 Å². The van der Waals surface area contributed by atoms with Gasteiger partial charge in [0.1, 0.15) is 4.60 Å². The molecule has 2 heterocycles. The van der Waals surface area contributed by atoms with E-state index in [4.69, 9.17) is 11.0 Å². The van der Waals surface area contributed by atoms with Gasteiger partial charge >= 0.3 is 0 Å². The first-order valence-corrected chi connectivity index (χ1v) is 4.24. The number of halogens is 1. The molecule has 1 saturated heterocycles. The van der Waals surface area contributed by atoms with Crippen molar-refractivity contribution in [2.45, 2.75) is 6.08 Å². The Hall–Kier alpha value is -0.610. The second-order valence-electron chi connectivity index (χ2n) is 2.33. The second-order valence-corrected chi connectivity index (χ2v) is 3.14. The number of rotatable bonds is 2. The molecule has 1 aromatic rings. The molecule has 0 amide bonds. The fourth-order valence-electron chi connectivity index (χ4n) is 0.909. The minimum atomic E-state index is -3.09. The zero-order valence-electron chi connectivity index (χ0n) is 14.4. The van der Waals surface area contributed by atoms with E-state index in [9.17, 15) is 0 Å². The molecule has 4 heteroatoms. The van der Waals surface area contributed by atoms with Gasteiger partial charge in [0.25, 0.3) is 0 Å². The predicted molar refractivity (Wildman–Crippen MR) is 54.9 cm³/mol. The van der Waals surface area contributed by atoms with E-state index in [0.717, 1.165) is 0 Å². The average molecular weight is 251 g/mol. The van der Waals surface area contributed by atoms with Crippen molar-refractivity contribution in [1.82, 2.24) is 4.98 Å². The summed E-state index contributed by atoms with van der Waals surface area (Å²) in [5.74, 6) is 0. The zero-order valence-corrected chi connectivity index (χ0v) is 8.00. The molecule has 1 aliphatic heterocycles. The zero-order chi connectivity index (χ0) is 16.3. The van der Waals surface area contributed by atoms with Gasteiger partial charge in [-0.05, 0) is 28.1 Å². The Labute approximate surface area is 97.1 Å². The van der Waals surface area contributed by atoms with Crippen molar-refractivity contribution in [1.29, 1.82) is 0 Å². The lowest BCUT2D eigenvalue weighted by Gasteiger charge is -2.39. The van der Waals surface area contributed by atoms with Crippen LogP contribution in [-0.4, -0.2) is 31.1 Å². The maximum absolute atomic E-state index is 7.88. The summed E-state index contributed by atoms with van der Waals surface area (Å²) in [4.78, 5) is 4.51.